The molecule has 3 nitrogen and oxygen atoms in total. The topological polar surface area (TPSA) is 42.6 Å². The largest absolute Gasteiger partial charge is 0.508 e. The summed E-state index contributed by atoms with van der Waals surface area (Å²) in [7, 11) is 0. The molecule has 1 aromatic heterocycles. The first-order valence-electron chi connectivity index (χ1n) is 10.0. The van der Waals surface area contributed by atoms with E-state index in [1.54, 1.807) is 6.08 Å². The number of hydrogen-bond acceptors (Lipinski definition) is 5. The van der Waals surface area contributed by atoms with E-state index in [1.807, 2.05) is 66.0 Å². The zero-order chi connectivity index (χ0) is 20.1. The second-order valence-corrected chi connectivity index (χ2v) is 10.0. The lowest BCUT2D eigenvalue weighted by atomic mass is 10.0. The summed E-state index contributed by atoms with van der Waals surface area (Å²) in [5, 5.41) is 11.5. The fraction of sp³-hybridized carbons (Fsp3) is 0.333. The molecule has 4 rings (SSSR count). The Hall–Kier alpha value is -1.98. The number of phenolic OH excluding ortho intramolecular Hbond substituents is 1. The lowest BCUT2D eigenvalue weighted by Crippen LogP contribution is -2.11. The molecule has 1 aliphatic rings. The maximum absolute atomic E-state index is 10.5. The van der Waals surface area contributed by atoms with E-state index < -0.39 is 0 Å². The zero-order valence-electron chi connectivity index (χ0n) is 16.4. The molecule has 29 heavy (non-hydrogen) atoms. The van der Waals surface area contributed by atoms with Gasteiger partial charge in [0.15, 0.2) is 0 Å². The lowest BCUT2D eigenvalue weighted by molar-refractivity contribution is 0.321. The van der Waals surface area contributed by atoms with Crippen LogP contribution in [0.2, 0.25) is 0 Å². The highest BCUT2D eigenvalue weighted by Gasteiger charge is 2.22. The van der Waals surface area contributed by atoms with Crippen LogP contribution in [0.15, 0.2) is 59.5 Å². The molecule has 0 bridgehead atoms. The Bertz CT molecular complexity index is 959. The molecule has 0 radical (unpaired) electrons. The average Bonchev–Trinajstić information content (AvgIpc) is 3.06. The molecular formula is C24H26O3S2. The van der Waals surface area contributed by atoms with Crippen LogP contribution >= 0.6 is 23.5 Å². The molecule has 152 valence electrons. The van der Waals surface area contributed by atoms with Crippen LogP contribution in [0, 0.1) is 0 Å². The van der Waals surface area contributed by atoms with Gasteiger partial charge >= 0.3 is 0 Å². The predicted octanol–water partition coefficient (Wildman–Crippen LogP) is 6.23. The van der Waals surface area contributed by atoms with Crippen LogP contribution < -0.4 is 4.74 Å². The van der Waals surface area contributed by atoms with Crippen molar-refractivity contribution in [2.75, 3.05) is 18.1 Å². The van der Waals surface area contributed by atoms with Crippen LogP contribution in [-0.2, 0) is 19.3 Å². The van der Waals surface area contributed by atoms with Crippen LogP contribution in [0.5, 0.6) is 11.5 Å². The number of furan rings is 1. The van der Waals surface area contributed by atoms with Gasteiger partial charge in [0.2, 0.25) is 0 Å². The first-order valence-corrected chi connectivity index (χ1v) is 12.1. The lowest BCUT2D eigenvalue weighted by Gasteiger charge is -2.20. The highest BCUT2D eigenvalue weighted by molar-refractivity contribution is 8.17. The first kappa shape index (κ1) is 20.3. The monoisotopic (exact) mass is 426 g/mol. The molecule has 3 aromatic rings. The zero-order valence-corrected chi connectivity index (χ0v) is 18.1. The molecule has 1 aliphatic heterocycles. The Kier molecular flexibility index (Phi) is 6.78. The second kappa shape index (κ2) is 9.68. The number of ether oxygens (including phenoxy) is 1. The quantitative estimate of drug-likeness (QED) is 0.433. The van der Waals surface area contributed by atoms with E-state index in [0.29, 0.717) is 23.4 Å². The van der Waals surface area contributed by atoms with Crippen molar-refractivity contribution in [3.63, 3.8) is 0 Å². The van der Waals surface area contributed by atoms with Crippen molar-refractivity contribution >= 4 is 34.5 Å². The van der Waals surface area contributed by atoms with Gasteiger partial charge in [-0.2, -0.15) is 0 Å². The maximum Gasteiger partial charge on any atom is 0.135 e. The van der Waals surface area contributed by atoms with Crippen molar-refractivity contribution in [1.82, 2.24) is 0 Å². The van der Waals surface area contributed by atoms with E-state index in [0.717, 1.165) is 46.4 Å². The third-order valence-electron chi connectivity index (χ3n) is 5.05. The molecule has 2 heterocycles. The molecule has 0 aliphatic carbocycles. The molecule has 1 fully saturated rings. The SMILES string of the molecule is C=CCc1cc2oc(CC3SCCCS3)c(CCOc3ccccc3)c2cc1O. The summed E-state index contributed by atoms with van der Waals surface area (Å²) in [5.74, 6) is 4.63. The van der Waals surface area contributed by atoms with Crippen molar-refractivity contribution in [3.05, 3.63) is 72.0 Å². The number of aromatic hydroxyl groups is 1. The minimum absolute atomic E-state index is 0.302. The van der Waals surface area contributed by atoms with Crippen molar-refractivity contribution in [3.8, 4) is 11.5 Å². The normalized spacial score (nSPS) is 14.9. The molecule has 0 unspecified atom stereocenters. The molecule has 1 N–H and O–H groups in total. The number of allylic oxidation sites excluding steroid dienone is 1. The van der Waals surface area contributed by atoms with Gasteiger partial charge in [-0.25, -0.2) is 0 Å². The Morgan fingerprint density at radius 2 is 1.97 bits per heavy atom. The van der Waals surface area contributed by atoms with Crippen molar-refractivity contribution < 1.29 is 14.3 Å². The van der Waals surface area contributed by atoms with Crippen molar-refractivity contribution in [2.24, 2.45) is 0 Å². The first-order chi connectivity index (χ1) is 14.2. The number of benzene rings is 2. The van der Waals surface area contributed by atoms with Gasteiger partial charge in [-0.3, -0.25) is 0 Å². The van der Waals surface area contributed by atoms with E-state index >= 15 is 0 Å². The Labute approximate surface area is 180 Å². The van der Waals surface area contributed by atoms with Gasteiger partial charge in [-0.1, -0.05) is 24.3 Å². The summed E-state index contributed by atoms with van der Waals surface area (Å²) < 4.78 is 12.8. The van der Waals surface area contributed by atoms with E-state index in [-0.39, 0.29) is 0 Å². The van der Waals surface area contributed by atoms with Gasteiger partial charge in [-0.15, -0.1) is 30.1 Å². The number of hydrogen-bond donors (Lipinski definition) is 1. The highest BCUT2D eigenvalue weighted by atomic mass is 32.2. The van der Waals surface area contributed by atoms with E-state index in [1.165, 1.54) is 17.9 Å². The van der Waals surface area contributed by atoms with E-state index in [2.05, 4.69) is 6.58 Å². The number of para-hydroxylation sites is 1. The Morgan fingerprint density at radius 1 is 1.17 bits per heavy atom. The fourth-order valence-corrected chi connectivity index (χ4v) is 6.46. The van der Waals surface area contributed by atoms with Crippen molar-refractivity contribution in [2.45, 2.75) is 30.3 Å². The summed E-state index contributed by atoms with van der Waals surface area (Å²) in [6.45, 7) is 4.36. The van der Waals surface area contributed by atoms with E-state index in [9.17, 15) is 5.11 Å². The molecule has 0 spiro atoms. The second-order valence-electron chi connectivity index (χ2n) is 7.11. The number of fused-ring (bicyclic) bond motifs is 1. The summed E-state index contributed by atoms with van der Waals surface area (Å²) in [5.41, 5.74) is 2.85. The number of phenols is 1. The van der Waals surface area contributed by atoms with Crippen LogP contribution in [0.3, 0.4) is 0 Å². The third-order valence-corrected chi connectivity index (χ3v) is 7.99. The third kappa shape index (κ3) is 4.96. The minimum Gasteiger partial charge on any atom is -0.508 e. The van der Waals surface area contributed by atoms with Gasteiger partial charge < -0.3 is 14.3 Å². The number of thioether (sulfide) groups is 2. The molecular weight excluding hydrogens is 400 g/mol. The Morgan fingerprint density at radius 3 is 2.72 bits per heavy atom. The van der Waals surface area contributed by atoms with Gasteiger partial charge in [0, 0.05) is 29.4 Å². The van der Waals surface area contributed by atoms with Crippen LogP contribution in [-0.4, -0.2) is 27.8 Å². The standard InChI is InChI=1S/C24H26O3S2/c1-2-7-17-14-22-20(15-21(17)25)19(10-11-26-18-8-4-3-5-9-18)23(27-22)16-24-28-12-6-13-29-24/h2-5,8-9,14-15,24-25H,1,6-7,10-13,16H2. The smallest absolute Gasteiger partial charge is 0.135 e. The summed E-state index contributed by atoms with van der Waals surface area (Å²) in [6.07, 6.45) is 5.36. The van der Waals surface area contributed by atoms with Gasteiger partial charge in [0.25, 0.3) is 0 Å². The van der Waals surface area contributed by atoms with Crippen molar-refractivity contribution in [1.29, 1.82) is 0 Å². The Balaban J connectivity index is 1.61. The number of rotatable bonds is 8. The van der Waals surface area contributed by atoms with Crippen LogP contribution in [0.4, 0.5) is 0 Å². The minimum atomic E-state index is 0.302. The van der Waals surface area contributed by atoms with E-state index in [4.69, 9.17) is 9.15 Å². The van der Waals surface area contributed by atoms with Gasteiger partial charge in [-0.05, 0) is 48.6 Å². The summed E-state index contributed by atoms with van der Waals surface area (Å²) in [4.78, 5) is 0. The van der Waals surface area contributed by atoms with Gasteiger partial charge in [0.05, 0.1) is 11.2 Å². The van der Waals surface area contributed by atoms with Crippen LogP contribution in [0.1, 0.15) is 23.3 Å². The summed E-state index contributed by atoms with van der Waals surface area (Å²) >= 11 is 4.04. The maximum atomic E-state index is 10.5. The van der Waals surface area contributed by atoms with Crippen LogP contribution in [0.25, 0.3) is 11.0 Å². The average molecular weight is 427 g/mol. The highest BCUT2D eigenvalue weighted by Crippen LogP contribution is 2.38. The van der Waals surface area contributed by atoms with Gasteiger partial charge in [0.1, 0.15) is 22.8 Å². The summed E-state index contributed by atoms with van der Waals surface area (Å²) in [6, 6.07) is 13.7. The molecule has 0 atom stereocenters. The molecule has 0 saturated carbocycles. The molecule has 2 aromatic carbocycles. The fourth-order valence-electron chi connectivity index (χ4n) is 3.63. The molecule has 0 amide bonds. The molecule has 1 saturated heterocycles. The predicted molar refractivity (Wildman–Crippen MR) is 124 cm³/mol. The molecule has 5 heteroatoms.